The van der Waals surface area contributed by atoms with Gasteiger partial charge in [-0.15, -0.1) is 0 Å². The van der Waals surface area contributed by atoms with Crippen molar-refractivity contribution < 1.29 is 22.8 Å². The number of rotatable bonds is 6. The lowest BCUT2D eigenvalue weighted by atomic mass is 10.1. The van der Waals surface area contributed by atoms with E-state index in [1.54, 1.807) is 6.07 Å². The molecule has 7 nitrogen and oxygen atoms in total. The van der Waals surface area contributed by atoms with Crippen LogP contribution in [0.15, 0.2) is 41.2 Å². The van der Waals surface area contributed by atoms with E-state index in [2.05, 4.69) is 10.3 Å². The number of hydrogen-bond acceptors (Lipinski definition) is 4. The van der Waals surface area contributed by atoms with Gasteiger partial charge in [-0.3, -0.25) is 14.4 Å². The lowest BCUT2D eigenvalue weighted by molar-refractivity contribution is -0.138. The Hall–Kier alpha value is -3.30. The third-order valence-electron chi connectivity index (χ3n) is 6.04. The predicted octanol–water partition coefficient (Wildman–Crippen LogP) is 2.89. The SMILES string of the molecule is O=C(NCCC1CC1)c1ccc(N2CCN(C(=O)c3ccccc3C(F)(F)F)CC2)[nH]c1=O. The molecular weight excluding hydrogens is 437 g/mol. The zero-order chi connectivity index (χ0) is 23.6. The Morgan fingerprint density at radius 1 is 1.00 bits per heavy atom. The minimum Gasteiger partial charge on any atom is -0.355 e. The summed E-state index contributed by atoms with van der Waals surface area (Å²) in [5.41, 5.74) is -1.79. The molecule has 1 saturated heterocycles. The topological polar surface area (TPSA) is 85.5 Å². The van der Waals surface area contributed by atoms with Crippen LogP contribution in [0.4, 0.5) is 19.0 Å². The lowest BCUT2D eigenvalue weighted by Gasteiger charge is -2.36. The van der Waals surface area contributed by atoms with Crippen LogP contribution in [0.25, 0.3) is 0 Å². The van der Waals surface area contributed by atoms with Crippen molar-refractivity contribution in [3.8, 4) is 0 Å². The van der Waals surface area contributed by atoms with E-state index >= 15 is 0 Å². The molecule has 0 bridgehead atoms. The number of aromatic amines is 1. The van der Waals surface area contributed by atoms with Gasteiger partial charge in [0, 0.05) is 32.7 Å². The number of nitrogens with zero attached hydrogens (tertiary/aromatic N) is 2. The number of halogens is 3. The number of hydrogen-bond donors (Lipinski definition) is 2. The molecule has 33 heavy (non-hydrogen) atoms. The summed E-state index contributed by atoms with van der Waals surface area (Å²) in [4.78, 5) is 43.3. The van der Waals surface area contributed by atoms with Gasteiger partial charge >= 0.3 is 6.18 Å². The third-order valence-corrected chi connectivity index (χ3v) is 6.04. The molecule has 0 spiro atoms. The Morgan fingerprint density at radius 2 is 1.70 bits per heavy atom. The molecule has 1 aliphatic heterocycles. The minimum atomic E-state index is -4.61. The maximum atomic E-state index is 13.3. The van der Waals surface area contributed by atoms with Gasteiger partial charge in [-0.25, -0.2) is 0 Å². The number of anilines is 1. The zero-order valence-electron chi connectivity index (χ0n) is 18.0. The molecule has 2 aromatic rings. The smallest absolute Gasteiger partial charge is 0.355 e. The first-order valence-corrected chi connectivity index (χ1v) is 11.0. The third kappa shape index (κ3) is 5.37. The first-order valence-electron chi connectivity index (χ1n) is 11.0. The van der Waals surface area contributed by atoms with Crippen LogP contribution < -0.4 is 15.8 Å². The van der Waals surface area contributed by atoms with E-state index in [0.717, 1.165) is 12.5 Å². The highest BCUT2D eigenvalue weighted by atomic mass is 19.4. The molecule has 2 heterocycles. The van der Waals surface area contributed by atoms with Gasteiger partial charge in [0.25, 0.3) is 17.4 Å². The lowest BCUT2D eigenvalue weighted by Crippen LogP contribution is -2.49. The average Bonchev–Trinajstić information content (AvgIpc) is 3.62. The van der Waals surface area contributed by atoms with E-state index in [9.17, 15) is 27.6 Å². The van der Waals surface area contributed by atoms with E-state index in [-0.39, 0.29) is 24.2 Å². The van der Waals surface area contributed by atoms with Crippen molar-refractivity contribution in [1.29, 1.82) is 0 Å². The quantitative estimate of drug-likeness (QED) is 0.692. The van der Waals surface area contributed by atoms with Crippen molar-refractivity contribution in [1.82, 2.24) is 15.2 Å². The summed E-state index contributed by atoms with van der Waals surface area (Å²) in [5.74, 6) is 0.0900. The number of amides is 2. The summed E-state index contributed by atoms with van der Waals surface area (Å²) in [7, 11) is 0. The molecule has 0 unspecified atom stereocenters. The van der Waals surface area contributed by atoms with Crippen molar-refractivity contribution in [3.05, 3.63) is 63.4 Å². The number of nitrogens with one attached hydrogen (secondary N) is 2. The molecule has 1 aromatic carbocycles. The summed E-state index contributed by atoms with van der Waals surface area (Å²) in [5, 5.41) is 2.76. The van der Waals surface area contributed by atoms with Crippen molar-refractivity contribution >= 4 is 17.6 Å². The Bertz CT molecular complexity index is 1090. The van der Waals surface area contributed by atoms with Gasteiger partial charge in [-0.2, -0.15) is 13.2 Å². The summed E-state index contributed by atoms with van der Waals surface area (Å²) < 4.78 is 39.8. The van der Waals surface area contributed by atoms with E-state index in [1.807, 2.05) is 4.90 Å². The van der Waals surface area contributed by atoms with Crippen LogP contribution in [0.1, 0.15) is 45.5 Å². The van der Waals surface area contributed by atoms with Crippen molar-refractivity contribution in [2.45, 2.75) is 25.4 Å². The molecule has 4 rings (SSSR count). The fourth-order valence-corrected chi connectivity index (χ4v) is 3.96. The van der Waals surface area contributed by atoms with Crippen LogP contribution in [0.5, 0.6) is 0 Å². The van der Waals surface area contributed by atoms with Crippen molar-refractivity contribution in [2.75, 3.05) is 37.6 Å². The highest BCUT2D eigenvalue weighted by Gasteiger charge is 2.36. The second-order valence-corrected chi connectivity index (χ2v) is 8.40. The van der Waals surface area contributed by atoms with Gasteiger partial charge in [0.1, 0.15) is 11.4 Å². The molecule has 176 valence electrons. The number of pyridine rings is 1. The number of aromatic nitrogens is 1. The Kier molecular flexibility index (Phi) is 6.44. The number of H-pyrrole nitrogens is 1. The highest BCUT2D eigenvalue weighted by Crippen LogP contribution is 2.33. The molecule has 0 radical (unpaired) electrons. The molecule has 2 amide bonds. The molecule has 2 aliphatic rings. The molecule has 2 N–H and O–H groups in total. The minimum absolute atomic E-state index is 0.0344. The van der Waals surface area contributed by atoms with Crippen LogP contribution in [0, 0.1) is 5.92 Å². The van der Waals surface area contributed by atoms with Crippen molar-refractivity contribution in [2.24, 2.45) is 5.92 Å². The molecule has 1 aromatic heterocycles. The zero-order valence-corrected chi connectivity index (χ0v) is 18.0. The van der Waals surface area contributed by atoms with Crippen LogP contribution in [-0.4, -0.2) is 54.4 Å². The van der Waals surface area contributed by atoms with Gasteiger partial charge in [0.15, 0.2) is 0 Å². The fraction of sp³-hybridized carbons (Fsp3) is 0.435. The van der Waals surface area contributed by atoms with Gasteiger partial charge in [0.05, 0.1) is 11.1 Å². The average molecular weight is 462 g/mol. The molecule has 10 heteroatoms. The van der Waals surface area contributed by atoms with Crippen LogP contribution >= 0.6 is 0 Å². The monoisotopic (exact) mass is 462 g/mol. The first-order chi connectivity index (χ1) is 15.7. The van der Waals surface area contributed by atoms with Crippen LogP contribution in [0.3, 0.4) is 0 Å². The number of carbonyl (C=O) groups excluding carboxylic acids is 2. The molecule has 1 saturated carbocycles. The van der Waals surface area contributed by atoms with E-state index in [1.165, 1.54) is 42.0 Å². The summed E-state index contributed by atoms with van der Waals surface area (Å²) in [6, 6.07) is 7.85. The maximum absolute atomic E-state index is 13.3. The molecular formula is C23H25F3N4O3. The van der Waals surface area contributed by atoms with Crippen LogP contribution in [-0.2, 0) is 6.18 Å². The second kappa shape index (κ2) is 9.29. The van der Waals surface area contributed by atoms with Gasteiger partial charge in [-0.05, 0) is 36.6 Å². The summed E-state index contributed by atoms with van der Waals surface area (Å²) in [6.45, 7) is 1.62. The van der Waals surface area contributed by atoms with E-state index < -0.39 is 29.1 Å². The predicted molar refractivity (Wildman–Crippen MR) is 116 cm³/mol. The molecule has 0 atom stereocenters. The Balaban J connectivity index is 1.37. The first kappa shape index (κ1) is 22.9. The number of carbonyl (C=O) groups is 2. The van der Waals surface area contributed by atoms with Crippen LogP contribution in [0.2, 0.25) is 0 Å². The van der Waals surface area contributed by atoms with E-state index in [4.69, 9.17) is 0 Å². The second-order valence-electron chi connectivity index (χ2n) is 8.40. The largest absolute Gasteiger partial charge is 0.417 e. The Morgan fingerprint density at radius 3 is 2.33 bits per heavy atom. The fourth-order valence-electron chi connectivity index (χ4n) is 3.96. The summed E-state index contributed by atoms with van der Waals surface area (Å²) in [6.07, 6.45) is -1.31. The summed E-state index contributed by atoms with van der Waals surface area (Å²) >= 11 is 0. The molecule has 1 aliphatic carbocycles. The van der Waals surface area contributed by atoms with Gasteiger partial charge < -0.3 is 20.1 Å². The van der Waals surface area contributed by atoms with Crippen molar-refractivity contribution in [3.63, 3.8) is 0 Å². The normalized spacial score (nSPS) is 16.6. The van der Waals surface area contributed by atoms with Gasteiger partial charge in [-0.1, -0.05) is 25.0 Å². The van der Waals surface area contributed by atoms with Gasteiger partial charge in [0.2, 0.25) is 0 Å². The number of benzene rings is 1. The Labute approximate surface area is 188 Å². The standard InChI is InChI=1S/C23H25F3N4O3/c24-23(25,26)18-4-2-1-3-16(18)22(33)30-13-11-29(12-14-30)19-8-7-17(21(32)28-19)20(31)27-10-9-15-5-6-15/h1-4,7-8,15H,5-6,9-14H2,(H,27,31)(H,28,32). The maximum Gasteiger partial charge on any atom is 0.417 e. The number of alkyl halides is 3. The molecule has 2 fully saturated rings. The highest BCUT2D eigenvalue weighted by molar-refractivity contribution is 5.96. The van der Waals surface area contributed by atoms with E-state index in [0.29, 0.717) is 31.4 Å². The number of piperazine rings is 1.